The molecule has 3 rings (SSSR count). The molecule has 0 spiro atoms. The van der Waals surface area contributed by atoms with Gasteiger partial charge in [-0.25, -0.2) is 4.79 Å². The average Bonchev–Trinajstić information content (AvgIpc) is 3.03. The van der Waals surface area contributed by atoms with Gasteiger partial charge in [0.1, 0.15) is 10.6 Å². The van der Waals surface area contributed by atoms with E-state index in [1.54, 1.807) is 0 Å². The summed E-state index contributed by atoms with van der Waals surface area (Å²) in [7, 11) is 1.27. The Bertz CT molecular complexity index is 1110. The van der Waals surface area contributed by atoms with Gasteiger partial charge in [-0.3, -0.25) is 14.9 Å². The van der Waals surface area contributed by atoms with Gasteiger partial charge < -0.3 is 10.1 Å². The van der Waals surface area contributed by atoms with Gasteiger partial charge in [0.2, 0.25) is 0 Å². The van der Waals surface area contributed by atoms with Gasteiger partial charge in [-0.2, -0.15) is 0 Å². The van der Waals surface area contributed by atoms with Crippen molar-refractivity contribution in [2.75, 3.05) is 12.4 Å². The van der Waals surface area contributed by atoms with Crippen LogP contribution in [0.3, 0.4) is 0 Å². The number of benzene rings is 2. The predicted octanol–water partition coefficient (Wildman–Crippen LogP) is 5.43. The van der Waals surface area contributed by atoms with Crippen LogP contribution >= 0.6 is 27.3 Å². The van der Waals surface area contributed by atoms with Gasteiger partial charge in [0.15, 0.2) is 0 Å². The third-order valence-corrected chi connectivity index (χ3v) is 5.70. The normalized spacial score (nSPS) is 10.4. The Balaban J connectivity index is 2.03. The van der Waals surface area contributed by atoms with Crippen LogP contribution in [0.4, 0.5) is 10.7 Å². The second-order valence-corrected chi connectivity index (χ2v) is 8.14. The highest BCUT2D eigenvalue weighted by atomic mass is 79.9. The fourth-order valence-electron chi connectivity index (χ4n) is 2.83. The maximum atomic E-state index is 12.7. The topological polar surface area (TPSA) is 98.5 Å². The molecule has 0 bridgehead atoms. The first-order valence-corrected chi connectivity index (χ1v) is 9.96. The van der Waals surface area contributed by atoms with Crippen LogP contribution in [0.15, 0.2) is 53.0 Å². The van der Waals surface area contributed by atoms with Crippen LogP contribution in [-0.4, -0.2) is 23.9 Å². The molecular formula is C20H15BrN2O5S. The second-order valence-electron chi connectivity index (χ2n) is 6.00. The number of methoxy groups -OCH3 is 1. The van der Waals surface area contributed by atoms with E-state index in [4.69, 9.17) is 4.74 Å². The summed E-state index contributed by atoms with van der Waals surface area (Å²) in [5.41, 5.74) is 1.65. The minimum absolute atomic E-state index is 0.117. The summed E-state index contributed by atoms with van der Waals surface area (Å²) in [5, 5.41) is 14.0. The van der Waals surface area contributed by atoms with Crippen molar-refractivity contribution < 1.29 is 19.2 Å². The first-order chi connectivity index (χ1) is 13.8. The molecule has 1 amide bonds. The largest absolute Gasteiger partial charge is 0.465 e. The number of nitrogens with zero attached hydrogens (tertiary/aromatic N) is 1. The molecule has 0 saturated heterocycles. The number of anilines is 1. The summed E-state index contributed by atoms with van der Waals surface area (Å²) in [6.45, 7) is 1.84. The molecule has 0 fully saturated rings. The number of non-ortho nitro benzene ring substituents is 1. The lowest BCUT2D eigenvalue weighted by atomic mass is 10.0. The number of amides is 1. The van der Waals surface area contributed by atoms with Crippen LogP contribution in [0.25, 0.3) is 11.1 Å². The summed E-state index contributed by atoms with van der Waals surface area (Å²) in [5.74, 6) is -1.14. The number of esters is 1. The van der Waals surface area contributed by atoms with Gasteiger partial charge in [-0.1, -0.05) is 34.1 Å². The molecule has 0 aliphatic heterocycles. The monoisotopic (exact) mass is 474 g/mol. The molecule has 1 aromatic heterocycles. The van der Waals surface area contributed by atoms with Crippen molar-refractivity contribution in [2.45, 2.75) is 6.92 Å². The van der Waals surface area contributed by atoms with Crippen molar-refractivity contribution >= 4 is 49.8 Å². The summed E-state index contributed by atoms with van der Waals surface area (Å²) in [6.07, 6.45) is 0. The Kier molecular flexibility index (Phi) is 6.09. The Morgan fingerprint density at radius 1 is 1.17 bits per heavy atom. The second kappa shape index (κ2) is 8.54. The van der Waals surface area contributed by atoms with Crippen LogP contribution < -0.4 is 5.32 Å². The zero-order chi connectivity index (χ0) is 21.1. The minimum atomic E-state index is -0.582. The number of carbonyl (C=O) groups excluding carboxylic acids is 2. The van der Waals surface area contributed by atoms with Crippen molar-refractivity contribution in [2.24, 2.45) is 0 Å². The first-order valence-electron chi connectivity index (χ1n) is 8.35. The predicted molar refractivity (Wildman–Crippen MR) is 115 cm³/mol. The molecule has 148 valence electrons. The summed E-state index contributed by atoms with van der Waals surface area (Å²) < 4.78 is 5.83. The van der Waals surface area contributed by atoms with E-state index < -0.39 is 16.8 Å². The Hall–Kier alpha value is -3.04. The zero-order valence-corrected chi connectivity index (χ0v) is 17.8. The van der Waals surface area contributed by atoms with E-state index in [0.29, 0.717) is 10.6 Å². The molecular weight excluding hydrogens is 460 g/mol. The van der Waals surface area contributed by atoms with Crippen LogP contribution in [0.5, 0.6) is 0 Å². The highest BCUT2D eigenvalue weighted by Gasteiger charge is 2.25. The molecule has 3 aromatic rings. The highest BCUT2D eigenvalue weighted by molar-refractivity contribution is 9.10. The Morgan fingerprint density at radius 3 is 2.48 bits per heavy atom. The molecule has 1 heterocycles. The molecule has 0 radical (unpaired) electrons. The lowest BCUT2D eigenvalue weighted by Gasteiger charge is -2.08. The molecule has 0 unspecified atom stereocenters. The number of hydrogen-bond acceptors (Lipinski definition) is 6. The molecule has 0 atom stereocenters. The van der Waals surface area contributed by atoms with Crippen LogP contribution in [0.1, 0.15) is 25.6 Å². The summed E-state index contributed by atoms with van der Waals surface area (Å²) >= 11 is 4.62. The average molecular weight is 475 g/mol. The van der Waals surface area contributed by atoms with Crippen LogP contribution in [0.2, 0.25) is 0 Å². The number of ether oxygens (including phenoxy) is 1. The smallest absolute Gasteiger partial charge is 0.341 e. The Morgan fingerprint density at radius 2 is 1.86 bits per heavy atom. The van der Waals surface area contributed by atoms with Gasteiger partial charge in [-0.05, 0) is 30.7 Å². The van der Waals surface area contributed by atoms with Gasteiger partial charge in [0, 0.05) is 32.6 Å². The minimum Gasteiger partial charge on any atom is -0.465 e. The number of rotatable bonds is 5. The van der Waals surface area contributed by atoms with Crippen LogP contribution in [-0.2, 0) is 4.74 Å². The molecule has 0 aliphatic rings. The van der Waals surface area contributed by atoms with E-state index in [1.807, 2.05) is 31.2 Å². The van der Waals surface area contributed by atoms with E-state index in [9.17, 15) is 19.7 Å². The summed E-state index contributed by atoms with van der Waals surface area (Å²) in [6, 6.07) is 12.8. The van der Waals surface area contributed by atoms with Gasteiger partial charge in [0.25, 0.3) is 11.6 Å². The van der Waals surface area contributed by atoms with E-state index in [1.165, 1.54) is 42.7 Å². The molecule has 0 saturated carbocycles. The number of carbonyl (C=O) groups is 2. The number of aryl methyl sites for hydroxylation is 1. The third-order valence-electron chi connectivity index (χ3n) is 4.15. The summed E-state index contributed by atoms with van der Waals surface area (Å²) in [4.78, 5) is 36.4. The van der Waals surface area contributed by atoms with E-state index in [-0.39, 0.29) is 16.8 Å². The Labute approximate surface area is 178 Å². The fourth-order valence-corrected chi connectivity index (χ4v) is 4.15. The fraction of sp³-hybridized carbons (Fsp3) is 0.100. The number of halogens is 1. The maximum absolute atomic E-state index is 12.7. The van der Waals surface area contributed by atoms with Crippen molar-refractivity contribution in [1.82, 2.24) is 0 Å². The van der Waals surface area contributed by atoms with Crippen molar-refractivity contribution in [3.8, 4) is 11.1 Å². The molecule has 1 N–H and O–H groups in total. The maximum Gasteiger partial charge on any atom is 0.341 e. The van der Waals surface area contributed by atoms with Crippen molar-refractivity contribution in [1.29, 1.82) is 0 Å². The van der Waals surface area contributed by atoms with Gasteiger partial charge in [0.05, 0.1) is 12.0 Å². The molecule has 7 nitrogen and oxygen atoms in total. The van der Waals surface area contributed by atoms with Gasteiger partial charge >= 0.3 is 5.97 Å². The molecule has 0 aliphatic carbocycles. The van der Waals surface area contributed by atoms with E-state index in [0.717, 1.165) is 14.9 Å². The molecule has 9 heteroatoms. The quantitative estimate of drug-likeness (QED) is 0.301. The first kappa shape index (κ1) is 20.7. The number of nitro groups is 1. The number of nitro benzene ring substituents is 1. The standard InChI is InChI=1S/C20H15BrN2O5S/c1-11-16(12-6-8-14(21)9-7-12)17(20(25)28-2)19(29-11)22-18(24)13-4-3-5-15(10-13)23(26)27/h3-10H,1-2H3,(H,22,24). The van der Waals surface area contributed by atoms with E-state index in [2.05, 4.69) is 21.2 Å². The van der Waals surface area contributed by atoms with E-state index >= 15 is 0 Å². The number of thiophene rings is 1. The molecule has 2 aromatic carbocycles. The lowest BCUT2D eigenvalue weighted by molar-refractivity contribution is -0.384. The lowest BCUT2D eigenvalue weighted by Crippen LogP contribution is -2.14. The number of nitrogens with one attached hydrogen (secondary N) is 1. The van der Waals surface area contributed by atoms with Crippen molar-refractivity contribution in [3.63, 3.8) is 0 Å². The SMILES string of the molecule is COC(=O)c1c(NC(=O)c2cccc([N+](=O)[O-])c2)sc(C)c1-c1ccc(Br)cc1. The van der Waals surface area contributed by atoms with Crippen LogP contribution in [0, 0.1) is 17.0 Å². The zero-order valence-electron chi connectivity index (χ0n) is 15.4. The molecule has 29 heavy (non-hydrogen) atoms. The number of hydrogen-bond donors (Lipinski definition) is 1. The third kappa shape index (κ3) is 4.36. The van der Waals surface area contributed by atoms with Crippen molar-refractivity contribution in [3.05, 3.63) is 79.1 Å². The highest BCUT2D eigenvalue weighted by Crippen LogP contribution is 2.40. The van der Waals surface area contributed by atoms with Gasteiger partial charge in [-0.15, -0.1) is 11.3 Å².